The summed E-state index contributed by atoms with van der Waals surface area (Å²) in [6.07, 6.45) is 0. The van der Waals surface area contributed by atoms with Crippen molar-refractivity contribution in [1.29, 1.82) is 0 Å². The minimum absolute atomic E-state index is 1.11. The molecule has 0 bridgehead atoms. The average Bonchev–Trinajstić information content (AvgIpc) is 3.24. The fourth-order valence-electron chi connectivity index (χ4n) is 8.21. The third kappa shape index (κ3) is 5.34. The molecule has 0 spiro atoms. The second-order valence-corrected chi connectivity index (χ2v) is 13.7. The number of benzene rings is 10. The van der Waals surface area contributed by atoms with Crippen molar-refractivity contribution in [3.8, 4) is 33.4 Å². The van der Waals surface area contributed by atoms with Gasteiger partial charge in [-0.2, -0.15) is 0 Å². The van der Waals surface area contributed by atoms with Crippen molar-refractivity contribution in [2.75, 3.05) is 4.90 Å². The summed E-state index contributed by atoms with van der Waals surface area (Å²) >= 11 is 0. The summed E-state index contributed by atoms with van der Waals surface area (Å²) in [5, 5.41) is 9.89. The van der Waals surface area contributed by atoms with E-state index in [1.54, 1.807) is 0 Å². The van der Waals surface area contributed by atoms with E-state index < -0.39 is 0 Å². The van der Waals surface area contributed by atoms with Gasteiger partial charge in [-0.3, -0.25) is 0 Å². The van der Waals surface area contributed by atoms with Crippen LogP contribution in [0.1, 0.15) is 0 Å². The lowest BCUT2D eigenvalue weighted by atomic mass is 9.87. The highest BCUT2D eigenvalue weighted by molar-refractivity contribution is 6.16. The van der Waals surface area contributed by atoms with E-state index in [4.69, 9.17) is 0 Å². The average molecular weight is 674 g/mol. The molecule has 0 aliphatic rings. The van der Waals surface area contributed by atoms with Crippen molar-refractivity contribution in [3.63, 3.8) is 0 Å². The van der Waals surface area contributed by atoms with E-state index in [1.165, 1.54) is 76.5 Å². The van der Waals surface area contributed by atoms with Crippen LogP contribution < -0.4 is 4.90 Å². The predicted octanol–water partition coefficient (Wildman–Crippen LogP) is 14.8. The summed E-state index contributed by atoms with van der Waals surface area (Å²) in [6.45, 7) is 0. The van der Waals surface area contributed by atoms with E-state index >= 15 is 0 Å². The zero-order valence-electron chi connectivity index (χ0n) is 29.2. The van der Waals surface area contributed by atoms with Crippen molar-refractivity contribution in [2.24, 2.45) is 0 Å². The van der Waals surface area contributed by atoms with E-state index in [9.17, 15) is 0 Å². The van der Waals surface area contributed by atoms with Gasteiger partial charge in [-0.05, 0) is 89.8 Å². The van der Waals surface area contributed by atoms with Gasteiger partial charge in [0.2, 0.25) is 0 Å². The predicted molar refractivity (Wildman–Crippen MR) is 227 cm³/mol. The molecule has 0 aliphatic carbocycles. The van der Waals surface area contributed by atoms with Crippen LogP contribution in [0.5, 0.6) is 0 Å². The number of fused-ring (bicyclic) bond motifs is 6. The summed E-state index contributed by atoms with van der Waals surface area (Å²) in [4.78, 5) is 2.51. The van der Waals surface area contributed by atoms with Crippen molar-refractivity contribution < 1.29 is 0 Å². The fraction of sp³-hybridized carbons (Fsp3) is 0. The van der Waals surface area contributed by atoms with Gasteiger partial charge >= 0.3 is 0 Å². The molecular weight excluding hydrogens is 639 g/mol. The zero-order chi connectivity index (χ0) is 35.1. The number of anilines is 3. The van der Waals surface area contributed by atoms with Gasteiger partial charge in [0.05, 0.1) is 11.4 Å². The molecule has 0 saturated carbocycles. The molecular formula is C52H35N. The normalized spacial score (nSPS) is 11.4. The van der Waals surface area contributed by atoms with Gasteiger partial charge < -0.3 is 4.90 Å². The van der Waals surface area contributed by atoms with Gasteiger partial charge in [0, 0.05) is 16.6 Å². The van der Waals surface area contributed by atoms with Crippen LogP contribution in [0.15, 0.2) is 212 Å². The Balaban J connectivity index is 1.34. The molecule has 10 aromatic rings. The quantitative estimate of drug-likeness (QED) is 0.159. The Morgan fingerprint density at radius 3 is 1.53 bits per heavy atom. The molecule has 0 saturated heterocycles. The Morgan fingerprint density at radius 2 is 0.774 bits per heavy atom. The smallest absolute Gasteiger partial charge is 0.0546 e. The summed E-state index contributed by atoms with van der Waals surface area (Å²) < 4.78 is 0. The Hall–Kier alpha value is -6.96. The van der Waals surface area contributed by atoms with Gasteiger partial charge in [-0.15, -0.1) is 0 Å². The van der Waals surface area contributed by atoms with E-state index in [0.717, 1.165) is 17.1 Å². The lowest BCUT2D eigenvalue weighted by molar-refractivity contribution is 1.31. The standard InChI is InChI=1S/C52H35N/c1-3-16-36(17-4-1)43-23-11-14-27-49(43)52-46(37-18-5-2-6-19-37)28-15-29-50(52)53(41-32-33-45-40(34-41)31-30-38-20-7-9-22-42(38)45)51-35-39-21-8-10-24-44(39)47-25-12-13-26-48(47)51/h1-35H. The molecule has 0 atom stereocenters. The minimum Gasteiger partial charge on any atom is -0.309 e. The van der Waals surface area contributed by atoms with E-state index in [1.807, 2.05) is 0 Å². The molecule has 0 fully saturated rings. The van der Waals surface area contributed by atoms with E-state index in [0.29, 0.717) is 0 Å². The monoisotopic (exact) mass is 673 g/mol. The topological polar surface area (TPSA) is 3.24 Å². The van der Waals surface area contributed by atoms with Gasteiger partial charge in [-0.1, -0.05) is 188 Å². The maximum absolute atomic E-state index is 2.51. The van der Waals surface area contributed by atoms with E-state index in [2.05, 4.69) is 217 Å². The van der Waals surface area contributed by atoms with Crippen LogP contribution in [0.4, 0.5) is 17.1 Å². The van der Waals surface area contributed by atoms with Gasteiger partial charge in [0.1, 0.15) is 0 Å². The van der Waals surface area contributed by atoms with Crippen molar-refractivity contribution in [2.45, 2.75) is 0 Å². The van der Waals surface area contributed by atoms with Crippen LogP contribution in [0, 0.1) is 0 Å². The second kappa shape index (κ2) is 13.0. The molecule has 248 valence electrons. The number of rotatable bonds is 6. The molecule has 10 aromatic carbocycles. The maximum Gasteiger partial charge on any atom is 0.0546 e. The van der Waals surface area contributed by atoms with Crippen LogP contribution in [0.3, 0.4) is 0 Å². The largest absolute Gasteiger partial charge is 0.309 e. The first-order chi connectivity index (χ1) is 26.3. The summed E-state index contributed by atoms with van der Waals surface area (Å²) in [5.74, 6) is 0. The first kappa shape index (κ1) is 30.8. The highest BCUT2D eigenvalue weighted by Crippen LogP contribution is 2.50. The number of hydrogen-bond donors (Lipinski definition) is 0. The zero-order valence-corrected chi connectivity index (χ0v) is 29.2. The molecule has 10 rings (SSSR count). The van der Waals surface area contributed by atoms with Crippen LogP contribution in [0.2, 0.25) is 0 Å². The highest BCUT2D eigenvalue weighted by Gasteiger charge is 2.24. The van der Waals surface area contributed by atoms with Gasteiger partial charge in [0.25, 0.3) is 0 Å². The van der Waals surface area contributed by atoms with Crippen LogP contribution >= 0.6 is 0 Å². The third-order valence-corrected chi connectivity index (χ3v) is 10.6. The SMILES string of the molecule is c1ccc(-c2ccccc2-c2c(-c3ccccc3)cccc2N(c2ccc3c(ccc4ccccc43)c2)c2cc3ccccc3c3ccccc23)cc1. The first-order valence-electron chi connectivity index (χ1n) is 18.3. The molecule has 0 amide bonds. The Bertz CT molecular complexity index is 2940. The lowest BCUT2D eigenvalue weighted by Crippen LogP contribution is -2.12. The summed E-state index contributed by atoms with van der Waals surface area (Å²) in [5.41, 5.74) is 10.5. The van der Waals surface area contributed by atoms with Gasteiger partial charge in [-0.25, -0.2) is 0 Å². The van der Waals surface area contributed by atoms with Crippen molar-refractivity contribution in [3.05, 3.63) is 212 Å². The molecule has 1 heteroatoms. The lowest BCUT2D eigenvalue weighted by Gasteiger charge is -2.31. The molecule has 1 nitrogen and oxygen atoms in total. The Labute approximate surface area is 309 Å². The molecule has 53 heavy (non-hydrogen) atoms. The van der Waals surface area contributed by atoms with Crippen LogP contribution in [-0.2, 0) is 0 Å². The van der Waals surface area contributed by atoms with E-state index in [-0.39, 0.29) is 0 Å². The molecule has 0 aromatic heterocycles. The third-order valence-electron chi connectivity index (χ3n) is 10.6. The summed E-state index contributed by atoms with van der Waals surface area (Å²) in [6, 6.07) is 77.4. The fourth-order valence-corrected chi connectivity index (χ4v) is 8.21. The maximum atomic E-state index is 2.51. The molecule has 0 N–H and O–H groups in total. The van der Waals surface area contributed by atoms with Gasteiger partial charge in [0.15, 0.2) is 0 Å². The second-order valence-electron chi connectivity index (χ2n) is 13.7. The summed E-state index contributed by atoms with van der Waals surface area (Å²) in [7, 11) is 0. The molecule has 0 unspecified atom stereocenters. The molecule has 0 aliphatic heterocycles. The molecule has 0 radical (unpaired) electrons. The molecule has 0 heterocycles. The first-order valence-corrected chi connectivity index (χ1v) is 18.3. The van der Waals surface area contributed by atoms with Crippen LogP contribution in [-0.4, -0.2) is 0 Å². The van der Waals surface area contributed by atoms with Crippen molar-refractivity contribution in [1.82, 2.24) is 0 Å². The van der Waals surface area contributed by atoms with Crippen molar-refractivity contribution >= 4 is 60.2 Å². The van der Waals surface area contributed by atoms with Crippen LogP contribution in [0.25, 0.3) is 76.5 Å². The Kier molecular flexibility index (Phi) is 7.55. The minimum atomic E-state index is 1.11. The highest BCUT2D eigenvalue weighted by atomic mass is 15.1. The number of hydrogen-bond acceptors (Lipinski definition) is 1. The Morgan fingerprint density at radius 1 is 0.264 bits per heavy atom. The number of nitrogens with zero attached hydrogens (tertiary/aromatic N) is 1.